The standard InChI is InChI=1S/C9H14N6/c1-14-4-3-9(12-14)8(10)5-7-6-15(2)13-11-7/h3-4,6,8H,5,10H2,1-2H3. The first-order chi connectivity index (χ1) is 7.15. The molecule has 80 valence electrons. The van der Waals surface area contributed by atoms with Gasteiger partial charge in [-0.25, -0.2) is 0 Å². The Morgan fingerprint density at radius 2 is 2.20 bits per heavy atom. The van der Waals surface area contributed by atoms with Crippen molar-refractivity contribution < 1.29 is 0 Å². The van der Waals surface area contributed by atoms with Crippen molar-refractivity contribution >= 4 is 0 Å². The Kier molecular flexibility index (Phi) is 2.51. The largest absolute Gasteiger partial charge is 0.322 e. The maximum absolute atomic E-state index is 6.00. The minimum atomic E-state index is -0.122. The molecule has 2 rings (SSSR count). The summed E-state index contributed by atoms with van der Waals surface area (Å²) < 4.78 is 3.41. The fourth-order valence-corrected chi connectivity index (χ4v) is 1.45. The lowest BCUT2D eigenvalue weighted by molar-refractivity contribution is 0.647. The van der Waals surface area contributed by atoms with Crippen LogP contribution in [0.5, 0.6) is 0 Å². The van der Waals surface area contributed by atoms with Crippen molar-refractivity contribution in [1.82, 2.24) is 24.8 Å². The molecule has 2 aromatic rings. The molecular weight excluding hydrogens is 192 g/mol. The highest BCUT2D eigenvalue weighted by Crippen LogP contribution is 2.11. The van der Waals surface area contributed by atoms with Gasteiger partial charge in [-0.1, -0.05) is 5.21 Å². The van der Waals surface area contributed by atoms with E-state index in [1.807, 2.05) is 32.6 Å². The van der Waals surface area contributed by atoms with Crippen LogP contribution in [0.3, 0.4) is 0 Å². The minimum absolute atomic E-state index is 0.122. The molecule has 0 saturated carbocycles. The number of rotatable bonds is 3. The van der Waals surface area contributed by atoms with Gasteiger partial charge in [0.05, 0.1) is 17.4 Å². The topological polar surface area (TPSA) is 74.5 Å². The maximum Gasteiger partial charge on any atom is 0.0846 e. The van der Waals surface area contributed by atoms with Crippen molar-refractivity contribution in [3.63, 3.8) is 0 Å². The second-order valence-corrected chi connectivity index (χ2v) is 3.61. The number of aromatic nitrogens is 5. The average molecular weight is 206 g/mol. The van der Waals surface area contributed by atoms with Crippen LogP contribution in [0, 0.1) is 0 Å². The number of nitrogens with two attached hydrogens (primary N) is 1. The van der Waals surface area contributed by atoms with Crippen LogP contribution < -0.4 is 5.73 Å². The Bertz CT molecular complexity index is 443. The molecule has 6 heteroatoms. The normalized spacial score (nSPS) is 13.0. The van der Waals surface area contributed by atoms with Gasteiger partial charge in [-0.05, 0) is 6.07 Å². The van der Waals surface area contributed by atoms with Crippen LogP contribution in [0.25, 0.3) is 0 Å². The Hall–Kier alpha value is -1.69. The Balaban J connectivity index is 2.06. The van der Waals surface area contributed by atoms with E-state index in [0.29, 0.717) is 6.42 Å². The second kappa shape index (κ2) is 3.82. The van der Waals surface area contributed by atoms with Gasteiger partial charge in [0.2, 0.25) is 0 Å². The van der Waals surface area contributed by atoms with Crippen LogP contribution in [0.4, 0.5) is 0 Å². The number of hydrogen-bond donors (Lipinski definition) is 1. The molecule has 0 aliphatic rings. The minimum Gasteiger partial charge on any atom is -0.322 e. The zero-order valence-electron chi connectivity index (χ0n) is 8.83. The summed E-state index contributed by atoms with van der Waals surface area (Å²) in [6, 6.07) is 1.80. The predicted octanol–water partition coefficient (Wildman–Crippen LogP) is -0.209. The molecule has 2 heterocycles. The van der Waals surface area contributed by atoms with Crippen molar-refractivity contribution in [3.05, 3.63) is 29.8 Å². The molecule has 0 spiro atoms. The first kappa shape index (κ1) is 9.85. The van der Waals surface area contributed by atoms with E-state index in [-0.39, 0.29) is 6.04 Å². The molecule has 1 unspecified atom stereocenters. The van der Waals surface area contributed by atoms with Gasteiger partial charge in [-0.15, -0.1) is 5.10 Å². The van der Waals surface area contributed by atoms with E-state index in [9.17, 15) is 0 Å². The summed E-state index contributed by atoms with van der Waals surface area (Å²) in [4.78, 5) is 0. The molecule has 0 saturated heterocycles. The van der Waals surface area contributed by atoms with Crippen LogP contribution in [-0.4, -0.2) is 24.8 Å². The number of nitrogens with zero attached hydrogens (tertiary/aromatic N) is 5. The van der Waals surface area contributed by atoms with Gasteiger partial charge in [0.15, 0.2) is 0 Å². The number of aryl methyl sites for hydroxylation is 2. The maximum atomic E-state index is 6.00. The molecule has 1 atom stereocenters. The molecule has 2 N–H and O–H groups in total. The van der Waals surface area contributed by atoms with Gasteiger partial charge >= 0.3 is 0 Å². The van der Waals surface area contributed by atoms with Gasteiger partial charge in [0, 0.05) is 32.9 Å². The Morgan fingerprint density at radius 3 is 2.73 bits per heavy atom. The highest BCUT2D eigenvalue weighted by atomic mass is 15.4. The van der Waals surface area contributed by atoms with E-state index in [0.717, 1.165) is 11.4 Å². The molecule has 0 radical (unpaired) electrons. The monoisotopic (exact) mass is 206 g/mol. The predicted molar refractivity (Wildman–Crippen MR) is 54.8 cm³/mol. The number of hydrogen-bond acceptors (Lipinski definition) is 4. The van der Waals surface area contributed by atoms with Crippen molar-refractivity contribution in [2.24, 2.45) is 19.8 Å². The van der Waals surface area contributed by atoms with Crippen LogP contribution in [0.1, 0.15) is 17.4 Å². The van der Waals surface area contributed by atoms with Crippen molar-refractivity contribution in [2.45, 2.75) is 12.5 Å². The van der Waals surface area contributed by atoms with E-state index >= 15 is 0 Å². The van der Waals surface area contributed by atoms with Crippen molar-refractivity contribution in [1.29, 1.82) is 0 Å². The highest BCUT2D eigenvalue weighted by molar-refractivity contribution is 5.08. The van der Waals surface area contributed by atoms with Gasteiger partial charge < -0.3 is 5.73 Å². The fraction of sp³-hybridized carbons (Fsp3) is 0.444. The molecule has 0 amide bonds. The smallest absolute Gasteiger partial charge is 0.0846 e. The van der Waals surface area contributed by atoms with Crippen LogP contribution in [0.2, 0.25) is 0 Å². The molecule has 2 aromatic heterocycles. The molecule has 0 fully saturated rings. The summed E-state index contributed by atoms with van der Waals surface area (Å²) in [5.74, 6) is 0. The lowest BCUT2D eigenvalue weighted by Gasteiger charge is -2.05. The second-order valence-electron chi connectivity index (χ2n) is 3.61. The molecule has 0 bridgehead atoms. The Labute approximate surface area is 87.7 Å². The summed E-state index contributed by atoms with van der Waals surface area (Å²) in [6.07, 6.45) is 4.40. The first-order valence-corrected chi connectivity index (χ1v) is 4.75. The van der Waals surface area contributed by atoms with E-state index in [4.69, 9.17) is 5.73 Å². The fourth-order valence-electron chi connectivity index (χ4n) is 1.45. The summed E-state index contributed by atoms with van der Waals surface area (Å²) in [7, 11) is 3.71. The third kappa shape index (κ3) is 2.21. The quantitative estimate of drug-likeness (QED) is 0.754. The van der Waals surface area contributed by atoms with Crippen molar-refractivity contribution in [2.75, 3.05) is 0 Å². The third-order valence-corrected chi connectivity index (χ3v) is 2.19. The lowest BCUT2D eigenvalue weighted by atomic mass is 10.1. The summed E-state index contributed by atoms with van der Waals surface area (Å²) in [6.45, 7) is 0. The summed E-state index contributed by atoms with van der Waals surface area (Å²) in [5.41, 5.74) is 7.76. The molecule has 0 aliphatic carbocycles. The summed E-state index contributed by atoms with van der Waals surface area (Å²) >= 11 is 0. The van der Waals surface area contributed by atoms with Gasteiger partial charge in [0.25, 0.3) is 0 Å². The molecule has 0 aromatic carbocycles. The van der Waals surface area contributed by atoms with Crippen LogP contribution in [0.15, 0.2) is 18.5 Å². The third-order valence-electron chi connectivity index (χ3n) is 2.19. The van der Waals surface area contributed by atoms with Crippen LogP contribution in [-0.2, 0) is 20.5 Å². The Morgan fingerprint density at radius 1 is 1.40 bits per heavy atom. The summed E-state index contributed by atoms with van der Waals surface area (Å²) in [5, 5.41) is 12.1. The van der Waals surface area contributed by atoms with E-state index in [1.54, 1.807) is 9.36 Å². The molecule has 15 heavy (non-hydrogen) atoms. The van der Waals surface area contributed by atoms with E-state index in [2.05, 4.69) is 15.4 Å². The molecule has 6 nitrogen and oxygen atoms in total. The van der Waals surface area contributed by atoms with Gasteiger partial charge in [0.1, 0.15) is 0 Å². The molecular formula is C9H14N6. The van der Waals surface area contributed by atoms with Crippen LogP contribution >= 0.6 is 0 Å². The van der Waals surface area contributed by atoms with E-state index < -0.39 is 0 Å². The first-order valence-electron chi connectivity index (χ1n) is 4.75. The zero-order valence-corrected chi connectivity index (χ0v) is 8.83. The van der Waals surface area contributed by atoms with Gasteiger partial charge in [-0.2, -0.15) is 5.10 Å². The SMILES string of the molecule is Cn1cc(CC(N)c2ccn(C)n2)nn1. The van der Waals surface area contributed by atoms with E-state index in [1.165, 1.54) is 0 Å². The molecule has 0 aliphatic heterocycles. The zero-order chi connectivity index (χ0) is 10.8. The van der Waals surface area contributed by atoms with Gasteiger partial charge in [-0.3, -0.25) is 9.36 Å². The van der Waals surface area contributed by atoms with Crippen molar-refractivity contribution in [3.8, 4) is 0 Å². The lowest BCUT2D eigenvalue weighted by Crippen LogP contribution is -2.14. The highest BCUT2D eigenvalue weighted by Gasteiger charge is 2.11. The average Bonchev–Trinajstić information content (AvgIpc) is 2.75.